The number of nitrogens with one attached hydrogen (secondary N) is 2. The largest absolute Gasteiger partial charge is 0.356 e. The molecule has 0 aliphatic carbocycles. The predicted octanol–water partition coefficient (Wildman–Crippen LogP) is 2.82. The molecule has 6 heteroatoms. The van der Waals surface area contributed by atoms with Crippen molar-refractivity contribution >= 4 is 35.0 Å². The standard InChI is InChI=1S/C14H26Cl2N2O2/c15-9-7-13(19)17-11-5-3-1-2-4-6-12-18-14(20)8-10-16/h1-12H2,(H,17,19)(H,18,20). The number of unbranched alkanes of at least 4 members (excludes halogenated alkanes) is 5. The average molecular weight is 325 g/mol. The fourth-order valence-electron chi connectivity index (χ4n) is 1.76. The summed E-state index contributed by atoms with van der Waals surface area (Å²) in [6, 6.07) is 0. The number of rotatable bonds is 13. The third-order valence-corrected chi connectivity index (χ3v) is 3.27. The minimum Gasteiger partial charge on any atom is -0.356 e. The molecule has 0 saturated heterocycles. The van der Waals surface area contributed by atoms with Gasteiger partial charge in [0.25, 0.3) is 0 Å². The van der Waals surface area contributed by atoms with Crippen LogP contribution in [-0.2, 0) is 9.59 Å². The summed E-state index contributed by atoms with van der Waals surface area (Å²) in [6.07, 6.45) is 7.41. The summed E-state index contributed by atoms with van der Waals surface area (Å²) >= 11 is 10.9. The zero-order valence-corrected chi connectivity index (χ0v) is 13.6. The van der Waals surface area contributed by atoms with Gasteiger partial charge in [-0.25, -0.2) is 0 Å². The number of hydrogen-bond donors (Lipinski definition) is 2. The third-order valence-electron chi connectivity index (χ3n) is 2.89. The Balaban J connectivity index is 3.13. The molecule has 0 bridgehead atoms. The molecule has 0 rings (SSSR count). The van der Waals surface area contributed by atoms with E-state index in [1.165, 1.54) is 12.8 Å². The fourth-order valence-corrected chi connectivity index (χ4v) is 2.10. The predicted molar refractivity (Wildman–Crippen MR) is 84.4 cm³/mol. The number of hydrogen-bond acceptors (Lipinski definition) is 2. The molecular formula is C14H26Cl2N2O2. The Kier molecular flexibility index (Phi) is 14.6. The molecule has 0 radical (unpaired) electrons. The normalized spacial score (nSPS) is 10.3. The first-order valence-corrected chi connectivity index (χ1v) is 8.43. The second-order valence-electron chi connectivity index (χ2n) is 4.70. The van der Waals surface area contributed by atoms with Crippen LogP contribution in [0.1, 0.15) is 51.4 Å². The Morgan fingerprint density at radius 2 is 1.00 bits per heavy atom. The molecule has 2 amide bonds. The summed E-state index contributed by atoms with van der Waals surface area (Å²) in [6.45, 7) is 1.48. The van der Waals surface area contributed by atoms with Gasteiger partial charge >= 0.3 is 0 Å². The number of alkyl halides is 2. The highest BCUT2D eigenvalue weighted by Crippen LogP contribution is 2.04. The lowest BCUT2D eigenvalue weighted by molar-refractivity contribution is -0.121. The Labute approximate surface area is 132 Å². The maximum Gasteiger partial charge on any atom is 0.221 e. The van der Waals surface area contributed by atoms with E-state index in [9.17, 15) is 9.59 Å². The van der Waals surface area contributed by atoms with Crippen molar-refractivity contribution in [3.8, 4) is 0 Å². The zero-order chi connectivity index (χ0) is 15.1. The van der Waals surface area contributed by atoms with Crippen molar-refractivity contribution in [2.45, 2.75) is 51.4 Å². The molecule has 0 aromatic rings. The van der Waals surface area contributed by atoms with Crippen molar-refractivity contribution in [2.75, 3.05) is 24.8 Å². The van der Waals surface area contributed by atoms with E-state index in [4.69, 9.17) is 23.2 Å². The highest BCUT2D eigenvalue weighted by Gasteiger charge is 1.99. The lowest BCUT2D eigenvalue weighted by Gasteiger charge is -2.05. The molecule has 0 unspecified atom stereocenters. The molecule has 0 heterocycles. The number of amides is 2. The van der Waals surface area contributed by atoms with Gasteiger partial charge < -0.3 is 10.6 Å². The van der Waals surface area contributed by atoms with Gasteiger partial charge in [-0.15, -0.1) is 23.2 Å². The summed E-state index contributed by atoms with van der Waals surface area (Å²) in [7, 11) is 0. The smallest absolute Gasteiger partial charge is 0.221 e. The highest BCUT2D eigenvalue weighted by molar-refractivity contribution is 6.19. The van der Waals surface area contributed by atoms with Gasteiger partial charge in [0.05, 0.1) is 0 Å². The first kappa shape index (κ1) is 19.5. The van der Waals surface area contributed by atoms with E-state index in [1.807, 2.05) is 0 Å². The van der Waals surface area contributed by atoms with Crippen molar-refractivity contribution in [3.05, 3.63) is 0 Å². The molecule has 4 nitrogen and oxygen atoms in total. The summed E-state index contributed by atoms with van der Waals surface area (Å²) < 4.78 is 0. The van der Waals surface area contributed by atoms with Crippen LogP contribution in [0.5, 0.6) is 0 Å². The summed E-state index contributed by atoms with van der Waals surface area (Å²) in [5.74, 6) is 0.834. The summed E-state index contributed by atoms with van der Waals surface area (Å²) in [4.78, 5) is 22.2. The van der Waals surface area contributed by atoms with Gasteiger partial charge in [0.1, 0.15) is 0 Å². The van der Waals surface area contributed by atoms with Crippen molar-refractivity contribution < 1.29 is 9.59 Å². The molecule has 0 aliphatic heterocycles. The lowest BCUT2D eigenvalue weighted by Crippen LogP contribution is -2.24. The molecule has 0 aliphatic rings. The van der Waals surface area contributed by atoms with E-state index in [0.717, 1.165) is 38.8 Å². The van der Waals surface area contributed by atoms with Crippen molar-refractivity contribution in [1.29, 1.82) is 0 Å². The van der Waals surface area contributed by atoms with Crippen LogP contribution in [0, 0.1) is 0 Å². The Hall–Kier alpha value is -0.480. The molecule has 0 fully saturated rings. The second kappa shape index (κ2) is 14.9. The Morgan fingerprint density at radius 1 is 0.650 bits per heavy atom. The highest BCUT2D eigenvalue weighted by atomic mass is 35.5. The van der Waals surface area contributed by atoms with Gasteiger partial charge in [0, 0.05) is 37.7 Å². The molecule has 118 valence electrons. The van der Waals surface area contributed by atoms with Gasteiger partial charge in [-0.05, 0) is 12.8 Å². The zero-order valence-electron chi connectivity index (χ0n) is 12.1. The van der Waals surface area contributed by atoms with Crippen LogP contribution in [0.15, 0.2) is 0 Å². The van der Waals surface area contributed by atoms with E-state index in [2.05, 4.69) is 10.6 Å². The Morgan fingerprint density at radius 3 is 1.35 bits per heavy atom. The van der Waals surface area contributed by atoms with Crippen LogP contribution in [-0.4, -0.2) is 36.7 Å². The molecule has 0 spiro atoms. The molecule has 0 atom stereocenters. The topological polar surface area (TPSA) is 58.2 Å². The van der Waals surface area contributed by atoms with Gasteiger partial charge in [0.15, 0.2) is 0 Å². The molecule has 2 N–H and O–H groups in total. The van der Waals surface area contributed by atoms with Crippen LogP contribution >= 0.6 is 23.2 Å². The second-order valence-corrected chi connectivity index (χ2v) is 5.46. The van der Waals surface area contributed by atoms with E-state index in [0.29, 0.717) is 24.6 Å². The Bertz CT molecular complexity index is 238. The fraction of sp³-hybridized carbons (Fsp3) is 0.857. The van der Waals surface area contributed by atoms with Crippen molar-refractivity contribution in [1.82, 2.24) is 10.6 Å². The monoisotopic (exact) mass is 324 g/mol. The quantitative estimate of drug-likeness (QED) is 0.404. The van der Waals surface area contributed by atoms with Crippen LogP contribution in [0.2, 0.25) is 0 Å². The number of carbonyl (C=O) groups is 2. The summed E-state index contributed by atoms with van der Waals surface area (Å²) in [5.41, 5.74) is 0. The molecule has 0 aromatic heterocycles. The van der Waals surface area contributed by atoms with E-state index >= 15 is 0 Å². The maximum atomic E-state index is 11.1. The number of halogens is 2. The van der Waals surface area contributed by atoms with E-state index in [-0.39, 0.29) is 11.8 Å². The first-order chi connectivity index (χ1) is 9.70. The van der Waals surface area contributed by atoms with Crippen molar-refractivity contribution in [2.24, 2.45) is 0 Å². The molecule has 0 aromatic carbocycles. The first-order valence-electron chi connectivity index (χ1n) is 7.36. The average Bonchev–Trinajstić information content (AvgIpc) is 2.41. The van der Waals surface area contributed by atoms with Gasteiger partial charge in [-0.3, -0.25) is 9.59 Å². The van der Waals surface area contributed by atoms with Gasteiger partial charge in [-0.2, -0.15) is 0 Å². The molecule has 20 heavy (non-hydrogen) atoms. The van der Waals surface area contributed by atoms with Crippen LogP contribution < -0.4 is 10.6 Å². The van der Waals surface area contributed by atoms with Crippen LogP contribution in [0.3, 0.4) is 0 Å². The molecule has 0 saturated carbocycles. The van der Waals surface area contributed by atoms with Crippen LogP contribution in [0.4, 0.5) is 0 Å². The minimum absolute atomic E-state index is 0.0349. The minimum atomic E-state index is 0.0349. The van der Waals surface area contributed by atoms with E-state index < -0.39 is 0 Å². The molecular weight excluding hydrogens is 299 g/mol. The summed E-state index contributed by atoms with van der Waals surface area (Å²) in [5, 5.41) is 5.68. The lowest BCUT2D eigenvalue weighted by atomic mass is 10.1. The maximum absolute atomic E-state index is 11.1. The number of carbonyl (C=O) groups excluding carboxylic acids is 2. The SMILES string of the molecule is O=C(CCCl)NCCCCCCCCNC(=O)CCCl. The van der Waals surface area contributed by atoms with Gasteiger partial charge in [-0.1, -0.05) is 25.7 Å². The van der Waals surface area contributed by atoms with Crippen molar-refractivity contribution in [3.63, 3.8) is 0 Å². The van der Waals surface area contributed by atoms with Crippen LogP contribution in [0.25, 0.3) is 0 Å². The van der Waals surface area contributed by atoms with E-state index in [1.54, 1.807) is 0 Å². The van der Waals surface area contributed by atoms with Gasteiger partial charge in [0.2, 0.25) is 11.8 Å². The third kappa shape index (κ3) is 13.9.